The summed E-state index contributed by atoms with van der Waals surface area (Å²) in [6, 6.07) is 7.12. The quantitative estimate of drug-likeness (QED) is 0.572. The van der Waals surface area contributed by atoms with Crippen LogP contribution in [-0.2, 0) is 23.7 Å². The van der Waals surface area contributed by atoms with Gasteiger partial charge in [-0.05, 0) is 37.3 Å². The first-order valence-corrected chi connectivity index (χ1v) is 8.90. The number of nitrogens with zero attached hydrogens (tertiary/aromatic N) is 3. The van der Waals surface area contributed by atoms with E-state index in [-0.39, 0.29) is 16.7 Å². The molecule has 2 N–H and O–H groups in total. The number of benzene rings is 2. The SMILES string of the molecule is CC(O)(Cn1cnc2cccc(C(F)(F)F)c21)C(=O)Nc1ccc(C#N)c(C(F)(F)F)c1. The third-order valence-electron chi connectivity index (χ3n) is 4.61. The van der Waals surface area contributed by atoms with E-state index >= 15 is 0 Å². The summed E-state index contributed by atoms with van der Waals surface area (Å²) in [6.45, 7) is 0.337. The number of imidazole rings is 1. The molecule has 3 rings (SSSR count). The summed E-state index contributed by atoms with van der Waals surface area (Å²) >= 11 is 0. The van der Waals surface area contributed by atoms with Gasteiger partial charge in [-0.3, -0.25) is 4.79 Å². The van der Waals surface area contributed by atoms with Crippen LogP contribution in [0.25, 0.3) is 11.0 Å². The average molecular weight is 456 g/mol. The van der Waals surface area contributed by atoms with Gasteiger partial charge in [0, 0.05) is 5.69 Å². The summed E-state index contributed by atoms with van der Waals surface area (Å²) in [5.41, 5.74) is -6.01. The average Bonchev–Trinajstić information content (AvgIpc) is 3.08. The normalized spacial score (nSPS) is 14.1. The number of aliphatic hydroxyl groups is 1. The third kappa shape index (κ3) is 4.52. The van der Waals surface area contributed by atoms with E-state index in [1.807, 2.05) is 0 Å². The minimum Gasteiger partial charge on any atom is -0.378 e. The van der Waals surface area contributed by atoms with Crippen molar-refractivity contribution in [3.8, 4) is 6.07 Å². The molecule has 0 aliphatic carbocycles. The van der Waals surface area contributed by atoms with Gasteiger partial charge < -0.3 is 15.0 Å². The van der Waals surface area contributed by atoms with E-state index in [4.69, 9.17) is 5.26 Å². The first-order valence-electron chi connectivity index (χ1n) is 8.90. The Bertz CT molecular complexity index is 1220. The highest BCUT2D eigenvalue weighted by Gasteiger charge is 2.37. The number of anilines is 1. The van der Waals surface area contributed by atoms with Crippen LogP contribution in [0.5, 0.6) is 0 Å². The van der Waals surface area contributed by atoms with Crippen molar-refractivity contribution in [2.24, 2.45) is 0 Å². The smallest absolute Gasteiger partial charge is 0.378 e. The lowest BCUT2D eigenvalue weighted by Gasteiger charge is -2.24. The van der Waals surface area contributed by atoms with E-state index in [0.717, 1.165) is 42.1 Å². The number of nitriles is 1. The maximum Gasteiger partial charge on any atom is 0.418 e. The minimum atomic E-state index is -4.86. The summed E-state index contributed by atoms with van der Waals surface area (Å²) in [5, 5.41) is 21.5. The molecule has 1 amide bonds. The van der Waals surface area contributed by atoms with E-state index in [9.17, 15) is 36.2 Å². The zero-order chi connectivity index (χ0) is 23.9. The van der Waals surface area contributed by atoms with Gasteiger partial charge in [-0.15, -0.1) is 0 Å². The van der Waals surface area contributed by atoms with Crippen molar-refractivity contribution in [1.82, 2.24) is 9.55 Å². The fourth-order valence-electron chi connectivity index (χ4n) is 3.10. The summed E-state index contributed by atoms with van der Waals surface area (Å²) in [4.78, 5) is 16.4. The van der Waals surface area contributed by atoms with E-state index in [1.54, 1.807) is 0 Å². The van der Waals surface area contributed by atoms with Gasteiger partial charge in [0.05, 0.1) is 46.7 Å². The second-order valence-corrected chi connectivity index (χ2v) is 7.14. The predicted octanol–water partition coefficient (Wildman–Crippen LogP) is 4.34. The van der Waals surface area contributed by atoms with Crippen molar-refractivity contribution >= 4 is 22.6 Å². The van der Waals surface area contributed by atoms with E-state index in [2.05, 4.69) is 10.3 Å². The van der Waals surface area contributed by atoms with Crippen molar-refractivity contribution in [2.45, 2.75) is 31.4 Å². The van der Waals surface area contributed by atoms with Crippen molar-refractivity contribution in [3.05, 3.63) is 59.4 Å². The van der Waals surface area contributed by atoms with Crippen molar-refractivity contribution in [3.63, 3.8) is 0 Å². The van der Waals surface area contributed by atoms with Crippen LogP contribution in [0.2, 0.25) is 0 Å². The lowest BCUT2D eigenvalue weighted by molar-refractivity contribution is -0.138. The van der Waals surface area contributed by atoms with Crippen LogP contribution in [0.3, 0.4) is 0 Å². The molecule has 0 aliphatic heterocycles. The summed E-state index contributed by atoms with van der Waals surface area (Å²) in [5.74, 6) is -1.17. The molecule has 1 aromatic heterocycles. The largest absolute Gasteiger partial charge is 0.418 e. The van der Waals surface area contributed by atoms with Crippen molar-refractivity contribution in [2.75, 3.05) is 5.32 Å². The van der Waals surface area contributed by atoms with Crippen LogP contribution in [0, 0.1) is 11.3 Å². The third-order valence-corrected chi connectivity index (χ3v) is 4.61. The molecule has 2 aromatic carbocycles. The highest BCUT2D eigenvalue weighted by Crippen LogP contribution is 2.35. The van der Waals surface area contributed by atoms with E-state index in [1.165, 1.54) is 12.1 Å². The Kier molecular flexibility index (Phi) is 5.65. The van der Waals surface area contributed by atoms with Gasteiger partial charge in [0.1, 0.15) is 0 Å². The number of para-hydroxylation sites is 1. The molecule has 6 nitrogen and oxygen atoms in total. The van der Waals surface area contributed by atoms with Crippen LogP contribution < -0.4 is 5.32 Å². The molecule has 32 heavy (non-hydrogen) atoms. The number of amides is 1. The number of halogens is 6. The van der Waals surface area contributed by atoms with Crippen molar-refractivity contribution < 1.29 is 36.2 Å². The van der Waals surface area contributed by atoms with Gasteiger partial charge in [-0.2, -0.15) is 31.6 Å². The number of alkyl halides is 6. The standard InChI is InChI=1S/C20H14F6N4O2/c1-18(32,9-30-10-28-15-4-2-3-13(16(15)30)19(21,22)23)17(31)29-12-6-5-11(8-27)14(7-12)20(24,25)26/h2-7,10,32H,9H2,1H3,(H,29,31). The molecule has 12 heteroatoms. The predicted molar refractivity (Wildman–Crippen MR) is 100 cm³/mol. The Balaban J connectivity index is 1.90. The number of nitrogens with one attached hydrogen (secondary N) is 1. The molecule has 0 saturated carbocycles. The van der Waals surface area contributed by atoms with E-state index in [0.29, 0.717) is 6.07 Å². The highest BCUT2D eigenvalue weighted by molar-refractivity contribution is 5.97. The molecule has 0 aliphatic rings. The van der Waals surface area contributed by atoms with Gasteiger partial charge in [-0.1, -0.05) is 6.07 Å². The highest BCUT2D eigenvalue weighted by atomic mass is 19.4. The van der Waals surface area contributed by atoms with Crippen LogP contribution in [0.1, 0.15) is 23.6 Å². The Morgan fingerprint density at radius 2 is 1.78 bits per heavy atom. The number of carbonyl (C=O) groups is 1. The zero-order valence-electron chi connectivity index (χ0n) is 16.2. The molecule has 0 spiro atoms. The van der Waals surface area contributed by atoms with Gasteiger partial charge in [-0.25, -0.2) is 4.98 Å². The van der Waals surface area contributed by atoms with Gasteiger partial charge in [0.25, 0.3) is 5.91 Å². The minimum absolute atomic E-state index is 0.0158. The molecule has 0 fully saturated rings. The number of aromatic nitrogens is 2. The number of rotatable bonds is 4. The maximum atomic E-state index is 13.4. The number of hydrogen-bond acceptors (Lipinski definition) is 4. The Labute approximate surface area is 176 Å². The summed E-state index contributed by atoms with van der Waals surface area (Å²) in [7, 11) is 0. The molecule has 0 saturated heterocycles. The number of hydrogen-bond donors (Lipinski definition) is 2. The summed E-state index contributed by atoms with van der Waals surface area (Å²) < 4.78 is 80.3. The number of fused-ring (bicyclic) bond motifs is 1. The van der Waals surface area contributed by atoms with Crippen LogP contribution >= 0.6 is 0 Å². The fraction of sp³-hybridized carbons (Fsp3) is 0.250. The second-order valence-electron chi connectivity index (χ2n) is 7.14. The molecule has 1 heterocycles. The van der Waals surface area contributed by atoms with Crippen LogP contribution in [0.15, 0.2) is 42.7 Å². The molecular weight excluding hydrogens is 442 g/mol. The van der Waals surface area contributed by atoms with Gasteiger partial charge >= 0.3 is 12.4 Å². The lowest BCUT2D eigenvalue weighted by Crippen LogP contribution is -2.43. The molecule has 1 unspecified atom stereocenters. The van der Waals surface area contributed by atoms with Gasteiger partial charge in [0.15, 0.2) is 5.60 Å². The number of carbonyl (C=O) groups excluding carboxylic acids is 1. The Morgan fingerprint density at radius 3 is 2.38 bits per heavy atom. The van der Waals surface area contributed by atoms with Gasteiger partial charge in [0.2, 0.25) is 0 Å². The Hall–Kier alpha value is -3.59. The first-order chi connectivity index (χ1) is 14.7. The fourth-order valence-corrected chi connectivity index (χ4v) is 3.10. The molecule has 0 radical (unpaired) electrons. The molecule has 168 valence electrons. The lowest BCUT2D eigenvalue weighted by atomic mass is 10.0. The Morgan fingerprint density at radius 1 is 1.12 bits per heavy atom. The van der Waals surface area contributed by atoms with Crippen molar-refractivity contribution in [1.29, 1.82) is 5.26 Å². The maximum absolute atomic E-state index is 13.4. The van der Waals surface area contributed by atoms with Crippen LogP contribution in [0.4, 0.5) is 32.0 Å². The molecule has 1 atom stereocenters. The topological polar surface area (TPSA) is 90.9 Å². The van der Waals surface area contributed by atoms with E-state index < -0.39 is 47.1 Å². The molecule has 0 bridgehead atoms. The first kappa shape index (κ1) is 23.1. The monoisotopic (exact) mass is 456 g/mol. The summed E-state index contributed by atoms with van der Waals surface area (Å²) in [6.07, 6.45) is -8.56. The van der Waals surface area contributed by atoms with Crippen LogP contribution in [-0.4, -0.2) is 26.2 Å². The molecular formula is C20H14F6N4O2. The zero-order valence-corrected chi connectivity index (χ0v) is 16.2. The second kappa shape index (κ2) is 7.83. The molecule has 3 aromatic rings.